The van der Waals surface area contributed by atoms with Crippen LogP contribution < -0.4 is 10.6 Å². The van der Waals surface area contributed by atoms with E-state index in [0.717, 1.165) is 0 Å². The first-order valence-electron chi connectivity index (χ1n) is 5.45. The van der Waals surface area contributed by atoms with Crippen molar-refractivity contribution in [3.05, 3.63) is 28.8 Å². The summed E-state index contributed by atoms with van der Waals surface area (Å²) in [6, 6.07) is 6.90. The van der Waals surface area contributed by atoms with Gasteiger partial charge >= 0.3 is 5.97 Å². The summed E-state index contributed by atoms with van der Waals surface area (Å²) in [6.45, 7) is 1.16. The zero-order valence-electron chi connectivity index (χ0n) is 9.53. The van der Waals surface area contributed by atoms with Crippen LogP contribution in [-0.2, 0) is 4.79 Å². The van der Waals surface area contributed by atoms with Gasteiger partial charge in [-0.05, 0) is 18.2 Å². The number of rotatable bonds is 4. The minimum Gasteiger partial charge on any atom is -0.481 e. The fourth-order valence-corrected chi connectivity index (χ4v) is 2.17. The minimum atomic E-state index is -0.853. The van der Waals surface area contributed by atoms with E-state index < -0.39 is 11.5 Å². The van der Waals surface area contributed by atoms with Crippen molar-refractivity contribution in [2.75, 3.05) is 18.4 Å². The third kappa shape index (κ3) is 2.55. The largest absolute Gasteiger partial charge is 0.481 e. The number of nitrogens with one attached hydrogen (secondary N) is 2. The Labute approximate surface area is 109 Å². The summed E-state index contributed by atoms with van der Waals surface area (Å²) in [5, 5.41) is 24.3. The van der Waals surface area contributed by atoms with Crippen LogP contribution in [0.3, 0.4) is 0 Å². The molecule has 0 spiro atoms. The van der Waals surface area contributed by atoms with Crippen molar-refractivity contribution >= 4 is 23.3 Å². The number of hydrogen-bond acceptors (Lipinski definition) is 4. The number of carboxylic acids is 1. The quantitative estimate of drug-likeness (QED) is 0.767. The summed E-state index contributed by atoms with van der Waals surface area (Å²) >= 11 is 6.05. The maximum atomic E-state index is 10.8. The van der Waals surface area contributed by atoms with E-state index in [1.54, 1.807) is 18.2 Å². The number of halogens is 1. The van der Waals surface area contributed by atoms with Gasteiger partial charge in [-0.25, -0.2) is 0 Å². The molecule has 1 aromatic rings. The van der Waals surface area contributed by atoms with Crippen LogP contribution in [0.25, 0.3) is 0 Å². The third-order valence-electron chi connectivity index (χ3n) is 2.91. The second-order valence-corrected chi connectivity index (χ2v) is 4.79. The lowest BCUT2D eigenvalue weighted by atomic mass is 9.88. The van der Waals surface area contributed by atoms with Crippen LogP contribution in [0.5, 0.6) is 0 Å². The van der Waals surface area contributed by atoms with E-state index >= 15 is 0 Å². The Balaban J connectivity index is 2.18. The van der Waals surface area contributed by atoms with Gasteiger partial charge in [-0.2, -0.15) is 5.26 Å². The summed E-state index contributed by atoms with van der Waals surface area (Å²) < 4.78 is 0. The molecular weight excluding hydrogens is 254 g/mol. The summed E-state index contributed by atoms with van der Waals surface area (Å²) in [4.78, 5) is 10.8. The molecule has 5 nitrogen and oxygen atoms in total. The SMILES string of the molecule is N#Cc1ccc(NC2(CC(=O)O)CNC2)c(Cl)c1. The van der Waals surface area contributed by atoms with Gasteiger partial charge in [0.15, 0.2) is 0 Å². The molecule has 0 bridgehead atoms. The van der Waals surface area contributed by atoms with Crippen molar-refractivity contribution in [2.24, 2.45) is 0 Å². The number of anilines is 1. The highest BCUT2D eigenvalue weighted by Gasteiger charge is 2.39. The highest BCUT2D eigenvalue weighted by Crippen LogP contribution is 2.29. The molecule has 1 aliphatic heterocycles. The Bertz CT molecular complexity index is 521. The van der Waals surface area contributed by atoms with Crippen molar-refractivity contribution in [2.45, 2.75) is 12.0 Å². The molecule has 1 heterocycles. The van der Waals surface area contributed by atoms with Gasteiger partial charge in [-0.3, -0.25) is 4.79 Å². The Morgan fingerprint density at radius 1 is 1.61 bits per heavy atom. The Morgan fingerprint density at radius 2 is 2.33 bits per heavy atom. The smallest absolute Gasteiger partial charge is 0.305 e. The molecule has 1 aromatic carbocycles. The molecule has 1 fully saturated rings. The third-order valence-corrected chi connectivity index (χ3v) is 3.23. The summed E-state index contributed by atoms with van der Waals surface area (Å²) in [5.74, 6) is -0.853. The minimum absolute atomic E-state index is 0.0241. The first-order chi connectivity index (χ1) is 8.54. The average Bonchev–Trinajstić information content (AvgIpc) is 2.28. The fourth-order valence-electron chi connectivity index (χ4n) is 1.95. The van der Waals surface area contributed by atoms with E-state index in [1.807, 2.05) is 6.07 Å². The molecule has 0 saturated carbocycles. The molecule has 0 unspecified atom stereocenters. The van der Waals surface area contributed by atoms with E-state index in [4.69, 9.17) is 22.0 Å². The van der Waals surface area contributed by atoms with Crippen LogP contribution in [0.1, 0.15) is 12.0 Å². The molecule has 94 valence electrons. The van der Waals surface area contributed by atoms with Gasteiger partial charge in [0.1, 0.15) is 0 Å². The van der Waals surface area contributed by atoms with Gasteiger partial charge in [-0.15, -0.1) is 0 Å². The van der Waals surface area contributed by atoms with Crippen LogP contribution in [0.15, 0.2) is 18.2 Å². The van der Waals surface area contributed by atoms with Gasteiger partial charge in [0.2, 0.25) is 0 Å². The van der Waals surface area contributed by atoms with Gasteiger partial charge in [-0.1, -0.05) is 11.6 Å². The zero-order chi connectivity index (χ0) is 13.2. The number of nitrogens with zero attached hydrogens (tertiary/aromatic N) is 1. The number of nitriles is 1. The molecule has 0 aromatic heterocycles. The maximum Gasteiger partial charge on any atom is 0.305 e. The number of aliphatic carboxylic acids is 1. The lowest BCUT2D eigenvalue weighted by Crippen LogP contribution is -2.65. The molecule has 18 heavy (non-hydrogen) atoms. The average molecular weight is 266 g/mol. The van der Waals surface area contributed by atoms with Crippen molar-refractivity contribution in [1.29, 1.82) is 5.26 Å². The van der Waals surface area contributed by atoms with Crippen LogP contribution in [0, 0.1) is 11.3 Å². The molecule has 0 amide bonds. The van der Waals surface area contributed by atoms with Gasteiger partial charge in [0.05, 0.1) is 34.3 Å². The van der Waals surface area contributed by atoms with Gasteiger partial charge in [0.25, 0.3) is 0 Å². The Kier molecular flexibility index (Phi) is 3.41. The first kappa shape index (κ1) is 12.7. The zero-order valence-corrected chi connectivity index (χ0v) is 10.3. The predicted molar refractivity (Wildman–Crippen MR) is 67.6 cm³/mol. The lowest BCUT2D eigenvalue weighted by Gasteiger charge is -2.43. The molecule has 1 aliphatic rings. The van der Waals surface area contributed by atoms with Crippen molar-refractivity contribution in [3.8, 4) is 6.07 Å². The van der Waals surface area contributed by atoms with Crippen molar-refractivity contribution in [1.82, 2.24) is 5.32 Å². The molecule has 0 aliphatic carbocycles. The Morgan fingerprint density at radius 3 is 2.78 bits per heavy atom. The lowest BCUT2D eigenvalue weighted by molar-refractivity contribution is -0.138. The van der Waals surface area contributed by atoms with Crippen molar-refractivity contribution < 1.29 is 9.90 Å². The highest BCUT2D eigenvalue weighted by atomic mass is 35.5. The van der Waals surface area contributed by atoms with Crippen LogP contribution in [0.2, 0.25) is 5.02 Å². The topological polar surface area (TPSA) is 85.2 Å². The van der Waals surface area contributed by atoms with Gasteiger partial charge < -0.3 is 15.7 Å². The number of benzene rings is 1. The number of hydrogen-bond donors (Lipinski definition) is 3. The molecule has 1 saturated heterocycles. The molecule has 6 heteroatoms. The second-order valence-electron chi connectivity index (χ2n) is 4.39. The van der Waals surface area contributed by atoms with E-state index in [-0.39, 0.29) is 6.42 Å². The standard InChI is InChI=1S/C12H12ClN3O2/c13-9-3-8(5-14)1-2-10(9)16-12(4-11(17)18)6-15-7-12/h1-3,15-16H,4,6-7H2,(H,17,18). The summed E-state index contributed by atoms with van der Waals surface area (Å²) in [5.41, 5.74) is 0.631. The van der Waals surface area contributed by atoms with Gasteiger partial charge in [0, 0.05) is 13.1 Å². The summed E-state index contributed by atoms with van der Waals surface area (Å²) in [7, 11) is 0. The van der Waals surface area contributed by atoms with Crippen LogP contribution in [-0.4, -0.2) is 29.7 Å². The van der Waals surface area contributed by atoms with Crippen LogP contribution >= 0.6 is 11.6 Å². The summed E-state index contributed by atoms with van der Waals surface area (Å²) in [6.07, 6.45) is 0.0241. The fraction of sp³-hybridized carbons (Fsp3) is 0.333. The monoisotopic (exact) mass is 265 g/mol. The second kappa shape index (κ2) is 4.84. The molecule has 0 radical (unpaired) electrons. The van der Waals surface area contributed by atoms with E-state index in [0.29, 0.717) is 29.4 Å². The number of carbonyl (C=O) groups is 1. The van der Waals surface area contributed by atoms with E-state index in [9.17, 15) is 4.79 Å². The molecular formula is C12H12ClN3O2. The van der Waals surface area contributed by atoms with E-state index in [1.165, 1.54) is 0 Å². The number of carboxylic acid groups (broad SMARTS) is 1. The first-order valence-corrected chi connectivity index (χ1v) is 5.83. The maximum absolute atomic E-state index is 10.8. The van der Waals surface area contributed by atoms with E-state index in [2.05, 4.69) is 10.6 Å². The van der Waals surface area contributed by atoms with Crippen LogP contribution in [0.4, 0.5) is 5.69 Å². The normalized spacial score (nSPS) is 16.4. The van der Waals surface area contributed by atoms with Crippen molar-refractivity contribution in [3.63, 3.8) is 0 Å². The molecule has 0 atom stereocenters. The molecule has 2 rings (SSSR count). The highest BCUT2D eigenvalue weighted by molar-refractivity contribution is 6.33. The predicted octanol–water partition coefficient (Wildman–Crippen LogP) is 1.44. The molecule has 3 N–H and O–H groups in total. The Hall–Kier alpha value is -1.77.